The van der Waals surface area contributed by atoms with Crippen LogP contribution in [0.5, 0.6) is 0 Å². The first kappa shape index (κ1) is 36.9. The number of aliphatic hydroxyl groups is 1. The Balaban J connectivity index is 0.000000179. The van der Waals surface area contributed by atoms with Crippen molar-refractivity contribution in [1.29, 1.82) is 0 Å². The minimum atomic E-state index is -0.404. The molecule has 0 bridgehead atoms. The number of nitrogens with two attached hydrogens (primary N) is 1. The van der Waals surface area contributed by atoms with Crippen molar-refractivity contribution in [1.82, 2.24) is 5.32 Å². The van der Waals surface area contributed by atoms with Crippen LogP contribution in [0, 0.1) is 23.7 Å². The summed E-state index contributed by atoms with van der Waals surface area (Å²) in [5, 5.41) is 12.4. The van der Waals surface area contributed by atoms with Gasteiger partial charge in [-0.1, -0.05) is 109 Å². The summed E-state index contributed by atoms with van der Waals surface area (Å²) in [4.78, 5) is 11.4. The number of cyclic esters (lactones) is 1. The van der Waals surface area contributed by atoms with E-state index in [1.165, 1.54) is 11.1 Å². The molecule has 4 N–H and O–H groups in total. The molecule has 7 nitrogen and oxygen atoms in total. The van der Waals surface area contributed by atoms with Gasteiger partial charge in [0.1, 0.15) is 19.8 Å². The first-order valence-corrected chi connectivity index (χ1v) is 18.2. The lowest BCUT2D eigenvalue weighted by molar-refractivity contribution is 0.153. The molecule has 1 amide bonds. The van der Waals surface area contributed by atoms with Gasteiger partial charge in [-0.05, 0) is 96.9 Å². The van der Waals surface area contributed by atoms with Crippen LogP contribution >= 0.6 is 0 Å². The van der Waals surface area contributed by atoms with Crippen molar-refractivity contribution in [2.24, 2.45) is 5.73 Å². The zero-order valence-electron chi connectivity index (χ0n) is 29.7. The first-order valence-electron chi connectivity index (χ1n) is 18.2. The van der Waals surface area contributed by atoms with Gasteiger partial charge in [0.25, 0.3) is 0 Å². The van der Waals surface area contributed by atoms with Gasteiger partial charge in [0.05, 0.1) is 25.4 Å². The van der Waals surface area contributed by atoms with Crippen LogP contribution in [-0.2, 0) is 27.4 Å². The molecule has 268 valence electrons. The van der Waals surface area contributed by atoms with Gasteiger partial charge in [0.15, 0.2) is 0 Å². The van der Waals surface area contributed by atoms with Crippen LogP contribution in [0.3, 0.4) is 0 Å². The summed E-state index contributed by atoms with van der Waals surface area (Å²) in [6.45, 7) is 2.57. The number of carbonyl (C=O) groups is 1. The van der Waals surface area contributed by atoms with E-state index in [0.29, 0.717) is 44.9 Å². The number of nitrogens with one attached hydrogen (secondary N) is 1. The summed E-state index contributed by atoms with van der Waals surface area (Å²) in [7, 11) is 0. The van der Waals surface area contributed by atoms with Gasteiger partial charge in [-0.2, -0.15) is 0 Å². The minimum Gasteiger partial charge on any atom is -0.447 e. The second-order valence-electron chi connectivity index (χ2n) is 14.2. The maximum atomic E-state index is 11.4. The van der Waals surface area contributed by atoms with Crippen LogP contribution in [0.2, 0.25) is 0 Å². The van der Waals surface area contributed by atoms with Gasteiger partial charge >= 0.3 is 6.09 Å². The summed E-state index contributed by atoms with van der Waals surface area (Å²) in [6.07, 6.45) is 5.48. The van der Waals surface area contributed by atoms with E-state index in [1.807, 2.05) is 60.7 Å². The number of alkyl carbamates (subject to hydrolysis) is 1. The third-order valence-electron chi connectivity index (χ3n) is 10.2. The number of carbonyl (C=O) groups excluding carboxylic acids is 1. The van der Waals surface area contributed by atoms with E-state index in [2.05, 4.69) is 77.5 Å². The molecule has 3 fully saturated rings. The highest BCUT2D eigenvalue weighted by Gasteiger charge is 2.45. The van der Waals surface area contributed by atoms with E-state index in [-0.39, 0.29) is 18.2 Å². The van der Waals surface area contributed by atoms with Crippen molar-refractivity contribution in [2.45, 2.75) is 74.7 Å². The van der Waals surface area contributed by atoms with Crippen LogP contribution in [-0.4, -0.2) is 48.7 Å². The average Bonchev–Trinajstić information content (AvgIpc) is 3.91. The van der Waals surface area contributed by atoms with Crippen LogP contribution in [0.4, 0.5) is 4.79 Å². The Morgan fingerprint density at radius 2 is 1.21 bits per heavy atom. The molecule has 3 aliphatic rings. The Bertz CT molecular complexity index is 1860. The van der Waals surface area contributed by atoms with Crippen molar-refractivity contribution in [2.75, 3.05) is 26.4 Å². The van der Waals surface area contributed by atoms with E-state index in [0.717, 1.165) is 60.8 Å². The summed E-state index contributed by atoms with van der Waals surface area (Å²) < 4.78 is 16.3. The fourth-order valence-corrected chi connectivity index (χ4v) is 7.27. The molecule has 0 aromatic heterocycles. The van der Waals surface area contributed by atoms with Gasteiger partial charge in [-0.15, -0.1) is 0 Å². The standard InChI is InChI=1S/C23H23NO3.C22H25NO2/c25-22-24-23(17-27-22)13-12-21(15-23)20-10-8-18(9-11-20)7-4-14-26-16-19-5-2-1-3-6-19;23-22(17-24)13-12-21(15-22)20-10-8-18(9-11-20)7-4-14-25-16-19-5-2-1-3-6-19/h1-3,5-6,8-11,21H,12-17H2,(H,24,25);1-3,5-6,8-11,21,24H,12-17,23H2/t21-,23-;21-,22-/m11/s1. The summed E-state index contributed by atoms with van der Waals surface area (Å²) in [5.41, 5.74) is 12.5. The molecule has 0 unspecified atom stereocenters. The lowest BCUT2D eigenvalue weighted by Crippen LogP contribution is -2.40. The van der Waals surface area contributed by atoms with E-state index in [4.69, 9.17) is 19.9 Å². The van der Waals surface area contributed by atoms with E-state index >= 15 is 0 Å². The molecule has 0 radical (unpaired) electrons. The average molecular weight is 697 g/mol. The smallest absolute Gasteiger partial charge is 0.407 e. The molecule has 4 aromatic carbocycles. The summed E-state index contributed by atoms with van der Waals surface area (Å²) in [6, 6.07) is 37.0. The summed E-state index contributed by atoms with van der Waals surface area (Å²) >= 11 is 0. The Morgan fingerprint density at radius 1 is 0.712 bits per heavy atom. The Hall–Kier alpha value is -4.89. The van der Waals surface area contributed by atoms with Crippen LogP contribution in [0.25, 0.3) is 0 Å². The van der Waals surface area contributed by atoms with E-state index in [9.17, 15) is 9.90 Å². The molecular formula is C45H48N2O5. The van der Waals surface area contributed by atoms with Crippen molar-refractivity contribution in [3.8, 4) is 23.7 Å². The topological polar surface area (TPSA) is 103 Å². The van der Waals surface area contributed by atoms with Gasteiger partial charge in [0.2, 0.25) is 0 Å². The van der Waals surface area contributed by atoms with E-state index in [1.54, 1.807) is 0 Å². The number of rotatable bonds is 9. The van der Waals surface area contributed by atoms with Gasteiger partial charge in [-0.25, -0.2) is 4.79 Å². The van der Waals surface area contributed by atoms with Gasteiger partial charge in [0, 0.05) is 16.7 Å². The van der Waals surface area contributed by atoms with E-state index < -0.39 is 5.54 Å². The van der Waals surface area contributed by atoms with Crippen LogP contribution in [0.1, 0.15) is 83.7 Å². The van der Waals surface area contributed by atoms with Crippen molar-refractivity contribution in [3.63, 3.8) is 0 Å². The molecule has 1 saturated heterocycles. The maximum Gasteiger partial charge on any atom is 0.407 e. The second kappa shape index (κ2) is 18.0. The first-order chi connectivity index (χ1) is 25.4. The van der Waals surface area contributed by atoms with Crippen molar-refractivity contribution < 1.29 is 24.1 Å². The highest BCUT2D eigenvalue weighted by atomic mass is 16.6. The third kappa shape index (κ3) is 10.6. The molecule has 4 aromatic rings. The van der Waals surface area contributed by atoms with Gasteiger partial charge in [-0.3, -0.25) is 0 Å². The Kier molecular flexibility index (Phi) is 12.8. The second-order valence-corrected chi connectivity index (χ2v) is 14.2. The quantitative estimate of drug-likeness (QED) is 0.126. The molecule has 1 aliphatic heterocycles. The molecule has 52 heavy (non-hydrogen) atoms. The molecular weight excluding hydrogens is 649 g/mol. The fraction of sp³-hybridized carbons (Fsp3) is 0.356. The number of benzene rings is 4. The van der Waals surface area contributed by atoms with Crippen LogP contribution < -0.4 is 11.1 Å². The fourth-order valence-electron chi connectivity index (χ4n) is 7.27. The van der Waals surface area contributed by atoms with Crippen molar-refractivity contribution >= 4 is 6.09 Å². The highest BCUT2D eigenvalue weighted by Crippen LogP contribution is 2.43. The molecule has 2 saturated carbocycles. The predicted octanol–water partition coefficient (Wildman–Crippen LogP) is 7.21. The lowest BCUT2D eigenvalue weighted by Gasteiger charge is -2.20. The number of hydrogen-bond acceptors (Lipinski definition) is 6. The highest BCUT2D eigenvalue weighted by molar-refractivity contribution is 5.71. The van der Waals surface area contributed by atoms with Crippen molar-refractivity contribution in [3.05, 3.63) is 143 Å². The van der Waals surface area contributed by atoms with Gasteiger partial charge < -0.3 is 30.4 Å². The zero-order valence-corrected chi connectivity index (χ0v) is 29.7. The number of hydrogen-bond donors (Lipinski definition) is 3. The Labute approximate surface area is 307 Å². The Morgan fingerprint density at radius 3 is 1.67 bits per heavy atom. The predicted molar refractivity (Wildman–Crippen MR) is 203 cm³/mol. The number of amides is 1. The SMILES string of the molecule is N[C@]1(CO)CC[C@@H](c2ccc(C#CCOCc3ccccc3)cc2)C1.O=C1N[C@@]2(CC[C@@H](c3ccc(C#CCOCc4ccccc4)cc3)C2)CO1. The lowest BCUT2D eigenvalue weighted by atomic mass is 9.93. The largest absolute Gasteiger partial charge is 0.447 e. The zero-order chi connectivity index (χ0) is 36.1. The molecule has 1 spiro atoms. The summed E-state index contributed by atoms with van der Waals surface area (Å²) in [5.74, 6) is 13.3. The molecule has 7 heteroatoms. The van der Waals surface area contributed by atoms with Crippen LogP contribution in [0.15, 0.2) is 109 Å². The molecule has 1 heterocycles. The molecule has 2 aliphatic carbocycles. The maximum absolute atomic E-state index is 11.4. The number of ether oxygens (including phenoxy) is 3. The molecule has 4 atom stereocenters. The monoisotopic (exact) mass is 696 g/mol. The molecule has 7 rings (SSSR count). The number of aliphatic hydroxyl groups excluding tert-OH is 1. The minimum absolute atomic E-state index is 0.0655. The third-order valence-corrected chi connectivity index (χ3v) is 10.2. The normalized spacial score (nSPS) is 23.0.